The lowest BCUT2D eigenvalue weighted by atomic mass is 9.98. The van der Waals surface area contributed by atoms with Crippen molar-refractivity contribution in [3.05, 3.63) is 35.4 Å². The quantitative estimate of drug-likeness (QED) is 0.874. The molecule has 1 heterocycles. The molecule has 0 saturated heterocycles. The molecular weight excluding hydrogens is 318 g/mol. The Morgan fingerprint density at radius 2 is 2.00 bits per heavy atom. The zero-order chi connectivity index (χ0) is 18.9. The van der Waals surface area contributed by atoms with Gasteiger partial charge in [-0.2, -0.15) is 10.4 Å². The molecule has 1 aromatic heterocycles. The first-order valence-electron chi connectivity index (χ1n) is 7.57. The number of benzene rings is 1. The van der Waals surface area contributed by atoms with E-state index in [9.17, 15) is 18.8 Å². The molecule has 0 bridgehead atoms. The summed E-state index contributed by atoms with van der Waals surface area (Å²) in [7, 11) is 0. The number of aromatic nitrogens is 2. The molecule has 6 nitrogen and oxygen atoms in total. The Morgan fingerprint density at radius 1 is 1.42 bits per heavy atom. The number of nitrogens with zero attached hydrogens (tertiary/aromatic N) is 3. The molecular formula is C16H16F2N4O2. The van der Waals surface area contributed by atoms with Crippen molar-refractivity contribution in [1.82, 2.24) is 9.78 Å². The van der Waals surface area contributed by atoms with Crippen LogP contribution in [0.15, 0.2) is 24.3 Å². The summed E-state index contributed by atoms with van der Waals surface area (Å²) >= 11 is 0. The van der Waals surface area contributed by atoms with Gasteiger partial charge in [0.15, 0.2) is 0 Å². The van der Waals surface area contributed by atoms with Gasteiger partial charge in [0.2, 0.25) is 0 Å². The lowest BCUT2D eigenvalue weighted by molar-refractivity contribution is -0.138. The average molecular weight is 335 g/mol. The second kappa shape index (κ2) is 6.66. The maximum Gasteiger partial charge on any atom is 0.310 e. The van der Waals surface area contributed by atoms with E-state index in [1.165, 1.54) is 6.92 Å². The fourth-order valence-electron chi connectivity index (χ4n) is 2.22. The standard InChI is InChI=1S/C16H16F2N4O2/c1-8(16(23)24)10-3-5-11(6-4-10)13-12(7-19)15(20)22(21-13)9(2)14(17)18/h3-6,8-9,14H,20H2,1-2H3,(H,23,24)/i14D. The summed E-state index contributed by atoms with van der Waals surface area (Å²) in [6.07, 6.45) is -3.81. The smallest absolute Gasteiger partial charge is 0.310 e. The van der Waals surface area contributed by atoms with Crippen LogP contribution in [0.4, 0.5) is 14.6 Å². The van der Waals surface area contributed by atoms with Gasteiger partial charge in [-0.25, -0.2) is 13.5 Å². The third-order valence-corrected chi connectivity index (χ3v) is 3.80. The van der Waals surface area contributed by atoms with E-state index in [-0.39, 0.29) is 17.1 Å². The number of carbonyl (C=O) groups is 1. The highest BCUT2D eigenvalue weighted by Crippen LogP contribution is 2.31. The first-order chi connectivity index (χ1) is 11.6. The first-order valence-corrected chi connectivity index (χ1v) is 7.07. The molecule has 0 amide bonds. The maximum absolute atomic E-state index is 13.3. The van der Waals surface area contributed by atoms with Crippen LogP contribution in [0.3, 0.4) is 0 Å². The molecule has 24 heavy (non-hydrogen) atoms. The number of carboxylic acid groups (broad SMARTS) is 1. The number of alkyl halides is 2. The Hall–Kier alpha value is -2.95. The van der Waals surface area contributed by atoms with Crippen LogP contribution in [0, 0.1) is 11.3 Å². The van der Waals surface area contributed by atoms with Gasteiger partial charge in [0.25, 0.3) is 6.40 Å². The number of halogens is 2. The highest BCUT2D eigenvalue weighted by Gasteiger charge is 2.25. The van der Waals surface area contributed by atoms with Crippen LogP contribution < -0.4 is 5.73 Å². The van der Waals surface area contributed by atoms with E-state index in [4.69, 9.17) is 12.2 Å². The number of aliphatic carboxylic acids is 1. The van der Waals surface area contributed by atoms with E-state index in [2.05, 4.69) is 5.10 Å². The second-order valence-corrected chi connectivity index (χ2v) is 5.31. The van der Waals surface area contributed by atoms with Gasteiger partial charge in [0.1, 0.15) is 30.6 Å². The van der Waals surface area contributed by atoms with Crippen molar-refractivity contribution >= 4 is 11.8 Å². The Balaban J connectivity index is 2.50. The monoisotopic (exact) mass is 335 g/mol. The van der Waals surface area contributed by atoms with Crippen molar-refractivity contribution in [2.45, 2.75) is 32.2 Å². The summed E-state index contributed by atoms with van der Waals surface area (Å²) in [4.78, 5) is 11.0. The van der Waals surface area contributed by atoms with Crippen LogP contribution in [0.5, 0.6) is 0 Å². The van der Waals surface area contributed by atoms with Gasteiger partial charge in [-0.05, 0) is 19.4 Å². The number of nitrogens with two attached hydrogens (primary N) is 1. The Kier molecular flexibility index (Phi) is 4.42. The van der Waals surface area contributed by atoms with Gasteiger partial charge < -0.3 is 10.8 Å². The topological polar surface area (TPSA) is 105 Å². The van der Waals surface area contributed by atoms with E-state index in [1.54, 1.807) is 24.3 Å². The lowest BCUT2D eigenvalue weighted by Crippen LogP contribution is -2.17. The van der Waals surface area contributed by atoms with Crippen LogP contribution in [0.2, 0.25) is 0 Å². The van der Waals surface area contributed by atoms with Gasteiger partial charge in [-0.1, -0.05) is 24.3 Å². The third-order valence-electron chi connectivity index (χ3n) is 3.80. The highest BCUT2D eigenvalue weighted by molar-refractivity contribution is 5.77. The number of carboxylic acids is 1. The van der Waals surface area contributed by atoms with E-state index in [0.717, 1.165) is 11.6 Å². The minimum Gasteiger partial charge on any atom is -0.481 e. The summed E-state index contributed by atoms with van der Waals surface area (Å²) in [6.45, 7) is 2.61. The molecule has 0 aliphatic heterocycles. The predicted molar refractivity (Wildman–Crippen MR) is 83.6 cm³/mol. The molecule has 2 atom stereocenters. The molecule has 0 radical (unpaired) electrons. The minimum atomic E-state index is -3.81. The minimum absolute atomic E-state index is 0.0740. The molecule has 0 aliphatic rings. The fraction of sp³-hybridized carbons (Fsp3) is 0.312. The molecule has 2 rings (SSSR count). The molecule has 8 heteroatoms. The molecule has 126 valence electrons. The molecule has 0 saturated carbocycles. The van der Waals surface area contributed by atoms with Crippen LogP contribution in [-0.4, -0.2) is 27.3 Å². The van der Waals surface area contributed by atoms with Gasteiger partial charge in [-0.15, -0.1) is 0 Å². The third kappa shape index (κ3) is 3.06. The van der Waals surface area contributed by atoms with Crippen molar-refractivity contribution in [1.29, 1.82) is 5.26 Å². The predicted octanol–water partition coefficient (Wildman–Crippen LogP) is 3.02. The average Bonchev–Trinajstić information content (AvgIpc) is 2.89. The van der Waals surface area contributed by atoms with Crippen molar-refractivity contribution in [3.8, 4) is 17.3 Å². The Bertz CT molecular complexity index is 838. The van der Waals surface area contributed by atoms with E-state index in [1.807, 2.05) is 6.07 Å². The summed E-state index contributed by atoms with van der Waals surface area (Å²) < 4.78 is 34.1. The van der Waals surface area contributed by atoms with Crippen molar-refractivity contribution in [2.75, 3.05) is 5.73 Å². The van der Waals surface area contributed by atoms with Gasteiger partial charge in [-0.3, -0.25) is 4.79 Å². The number of nitrogen functional groups attached to an aromatic ring is 1. The molecule has 3 N–H and O–H groups in total. The molecule has 0 aliphatic carbocycles. The zero-order valence-corrected chi connectivity index (χ0v) is 13.0. The Labute approximate surface area is 138 Å². The summed E-state index contributed by atoms with van der Waals surface area (Å²) in [6, 6.07) is 6.40. The van der Waals surface area contributed by atoms with Crippen molar-refractivity contribution < 1.29 is 20.1 Å². The number of rotatable bonds is 5. The maximum atomic E-state index is 13.3. The molecule has 0 spiro atoms. The van der Waals surface area contributed by atoms with Crippen molar-refractivity contribution in [2.24, 2.45) is 0 Å². The number of hydrogen-bond donors (Lipinski definition) is 2. The van der Waals surface area contributed by atoms with Crippen LogP contribution in [-0.2, 0) is 4.79 Å². The summed E-state index contributed by atoms with van der Waals surface area (Å²) in [5.74, 6) is -1.94. The van der Waals surface area contributed by atoms with Gasteiger partial charge >= 0.3 is 5.97 Å². The molecule has 2 aromatic rings. The van der Waals surface area contributed by atoms with E-state index < -0.39 is 24.3 Å². The first kappa shape index (κ1) is 15.9. The van der Waals surface area contributed by atoms with Gasteiger partial charge in [0, 0.05) is 5.56 Å². The number of hydrogen-bond acceptors (Lipinski definition) is 4. The van der Waals surface area contributed by atoms with Crippen LogP contribution in [0.1, 0.15) is 38.3 Å². The second-order valence-electron chi connectivity index (χ2n) is 5.31. The fourth-order valence-corrected chi connectivity index (χ4v) is 2.22. The summed E-state index contributed by atoms with van der Waals surface area (Å²) in [5, 5.41) is 22.3. The number of anilines is 1. The summed E-state index contributed by atoms with van der Waals surface area (Å²) in [5.41, 5.74) is 6.76. The number of nitriles is 1. The van der Waals surface area contributed by atoms with E-state index >= 15 is 0 Å². The molecule has 2 unspecified atom stereocenters. The van der Waals surface area contributed by atoms with Crippen LogP contribution >= 0.6 is 0 Å². The zero-order valence-electron chi connectivity index (χ0n) is 14.0. The van der Waals surface area contributed by atoms with Crippen LogP contribution in [0.25, 0.3) is 11.3 Å². The van der Waals surface area contributed by atoms with Gasteiger partial charge in [0.05, 0.1) is 5.92 Å². The molecule has 1 aromatic carbocycles. The largest absolute Gasteiger partial charge is 0.481 e. The molecule has 0 fully saturated rings. The van der Waals surface area contributed by atoms with E-state index in [0.29, 0.717) is 11.1 Å². The lowest BCUT2D eigenvalue weighted by Gasteiger charge is -2.12. The normalized spacial score (nSPS) is 14.5. The Morgan fingerprint density at radius 3 is 2.46 bits per heavy atom. The highest BCUT2D eigenvalue weighted by atomic mass is 19.3. The van der Waals surface area contributed by atoms with Crippen molar-refractivity contribution in [3.63, 3.8) is 0 Å². The SMILES string of the molecule is [2H]C(F)(F)C(C)n1nc(-c2ccc(C(C)C(=O)O)cc2)c(C#N)c1N.